The third-order valence-electron chi connectivity index (χ3n) is 2.43. The summed E-state index contributed by atoms with van der Waals surface area (Å²) in [7, 11) is 0. The number of allylic oxidation sites excluding steroid dienone is 4. The average molecular weight is 184 g/mol. The van der Waals surface area contributed by atoms with E-state index in [4.69, 9.17) is 0 Å². The molecule has 0 N–H and O–H groups in total. The van der Waals surface area contributed by atoms with E-state index in [9.17, 15) is 4.79 Å². The van der Waals surface area contributed by atoms with E-state index in [-0.39, 0.29) is 11.7 Å². The van der Waals surface area contributed by atoms with Crippen LogP contribution in [0.4, 0.5) is 0 Å². The SMILES string of the molecule is CC1C=CC=C(c2ccccc2)C1=O. The summed E-state index contributed by atoms with van der Waals surface area (Å²) in [6, 6.07) is 9.79. The van der Waals surface area contributed by atoms with Gasteiger partial charge < -0.3 is 0 Å². The van der Waals surface area contributed by atoms with Crippen molar-refractivity contribution in [3.8, 4) is 0 Å². The smallest absolute Gasteiger partial charge is 0.170 e. The van der Waals surface area contributed by atoms with E-state index in [0.29, 0.717) is 0 Å². The van der Waals surface area contributed by atoms with Crippen molar-refractivity contribution in [1.29, 1.82) is 0 Å². The molecule has 1 aliphatic rings. The first-order chi connectivity index (χ1) is 6.79. The number of carbonyl (C=O) groups excluding carboxylic acids is 1. The number of carbonyl (C=O) groups is 1. The van der Waals surface area contributed by atoms with Crippen molar-refractivity contribution in [2.75, 3.05) is 0 Å². The first-order valence-electron chi connectivity index (χ1n) is 4.77. The molecule has 1 aromatic carbocycles. The minimum atomic E-state index is 0.00945. The van der Waals surface area contributed by atoms with Crippen LogP contribution in [0.25, 0.3) is 5.57 Å². The normalized spacial score (nSPS) is 20.8. The van der Waals surface area contributed by atoms with Crippen LogP contribution < -0.4 is 0 Å². The Labute approximate surface area is 83.8 Å². The van der Waals surface area contributed by atoms with Gasteiger partial charge in [0.2, 0.25) is 0 Å². The Balaban J connectivity index is 2.40. The van der Waals surface area contributed by atoms with Gasteiger partial charge in [0.25, 0.3) is 0 Å². The van der Waals surface area contributed by atoms with Crippen molar-refractivity contribution in [2.24, 2.45) is 5.92 Å². The fourth-order valence-electron chi connectivity index (χ4n) is 1.59. The molecule has 0 aromatic heterocycles. The van der Waals surface area contributed by atoms with E-state index >= 15 is 0 Å². The van der Waals surface area contributed by atoms with E-state index < -0.39 is 0 Å². The van der Waals surface area contributed by atoms with Gasteiger partial charge in [-0.05, 0) is 5.56 Å². The number of Topliss-reactive ketones (excluding diaryl/α,β-unsaturated/α-hetero) is 1. The summed E-state index contributed by atoms with van der Waals surface area (Å²) in [5.41, 5.74) is 1.83. The van der Waals surface area contributed by atoms with Gasteiger partial charge in [-0.3, -0.25) is 4.79 Å². The Kier molecular flexibility index (Phi) is 2.32. The molecule has 70 valence electrons. The summed E-state index contributed by atoms with van der Waals surface area (Å²) in [5.74, 6) is 0.217. The van der Waals surface area contributed by atoms with Gasteiger partial charge in [-0.15, -0.1) is 0 Å². The van der Waals surface area contributed by atoms with Gasteiger partial charge in [-0.25, -0.2) is 0 Å². The maximum Gasteiger partial charge on any atom is 0.170 e. The highest BCUT2D eigenvalue weighted by molar-refractivity contribution is 6.23. The van der Waals surface area contributed by atoms with Crippen molar-refractivity contribution in [1.82, 2.24) is 0 Å². The molecular formula is C13H12O. The van der Waals surface area contributed by atoms with Crippen LogP contribution >= 0.6 is 0 Å². The summed E-state index contributed by atoms with van der Waals surface area (Å²) >= 11 is 0. The molecule has 2 rings (SSSR count). The lowest BCUT2D eigenvalue weighted by Gasteiger charge is -2.13. The van der Waals surface area contributed by atoms with Gasteiger partial charge in [-0.1, -0.05) is 55.5 Å². The van der Waals surface area contributed by atoms with Crippen LogP contribution in [-0.4, -0.2) is 5.78 Å². The second-order valence-electron chi connectivity index (χ2n) is 3.48. The van der Waals surface area contributed by atoms with Gasteiger partial charge in [-0.2, -0.15) is 0 Å². The summed E-state index contributed by atoms with van der Waals surface area (Å²) < 4.78 is 0. The summed E-state index contributed by atoms with van der Waals surface area (Å²) in [6.45, 7) is 1.93. The lowest BCUT2D eigenvalue weighted by atomic mass is 9.90. The number of rotatable bonds is 1. The molecule has 1 aromatic rings. The van der Waals surface area contributed by atoms with Crippen molar-refractivity contribution in [3.63, 3.8) is 0 Å². The molecule has 1 nitrogen and oxygen atoms in total. The first-order valence-corrected chi connectivity index (χ1v) is 4.77. The van der Waals surface area contributed by atoms with E-state index in [2.05, 4.69) is 0 Å². The topological polar surface area (TPSA) is 17.1 Å². The van der Waals surface area contributed by atoms with E-state index in [1.807, 2.05) is 55.5 Å². The molecule has 1 unspecified atom stereocenters. The monoisotopic (exact) mass is 184 g/mol. The van der Waals surface area contributed by atoms with E-state index in [1.165, 1.54) is 0 Å². The average Bonchev–Trinajstić information content (AvgIpc) is 2.23. The van der Waals surface area contributed by atoms with Crippen LogP contribution in [0.1, 0.15) is 12.5 Å². The molecule has 1 atom stereocenters. The molecule has 0 bridgehead atoms. The first kappa shape index (κ1) is 8.95. The number of ketones is 1. The molecular weight excluding hydrogens is 172 g/mol. The van der Waals surface area contributed by atoms with Crippen molar-refractivity contribution < 1.29 is 4.79 Å². The largest absolute Gasteiger partial charge is 0.294 e. The van der Waals surface area contributed by atoms with Crippen molar-refractivity contribution in [3.05, 3.63) is 54.1 Å². The van der Waals surface area contributed by atoms with Crippen LogP contribution in [-0.2, 0) is 4.79 Å². The molecule has 0 heterocycles. The standard InChI is InChI=1S/C13H12O/c1-10-6-5-9-12(13(10)14)11-7-3-2-4-8-11/h2-10H,1H3. The van der Waals surface area contributed by atoms with Crippen LogP contribution in [0, 0.1) is 5.92 Å². The van der Waals surface area contributed by atoms with Crippen LogP contribution in [0.3, 0.4) is 0 Å². The van der Waals surface area contributed by atoms with Crippen LogP contribution in [0.15, 0.2) is 48.6 Å². The molecule has 1 aliphatic carbocycles. The third-order valence-corrected chi connectivity index (χ3v) is 2.43. The molecule has 14 heavy (non-hydrogen) atoms. The fraction of sp³-hybridized carbons (Fsp3) is 0.154. The van der Waals surface area contributed by atoms with Gasteiger partial charge in [0.15, 0.2) is 5.78 Å². The minimum absolute atomic E-state index is 0.00945. The Hall–Kier alpha value is -1.63. The number of hydrogen-bond acceptors (Lipinski definition) is 1. The summed E-state index contributed by atoms with van der Waals surface area (Å²) in [4.78, 5) is 11.8. The lowest BCUT2D eigenvalue weighted by molar-refractivity contribution is -0.115. The highest BCUT2D eigenvalue weighted by Crippen LogP contribution is 2.23. The predicted molar refractivity (Wildman–Crippen MR) is 57.7 cm³/mol. The third kappa shape index (κ3) is 1.53. The molecule has 0 fully saturated rings. The maximum atomic E-state index is 11.8. The predicted octanol–water partition coefficient (Wildman–Crippen LogP) is 2.85. The fourth-order valence-corrected chi connectivity index (χ4v) is 1.59. The molecule has 0 saturated heterocycles. The second kappa shape index (κ2) is 3.62. The number of hydrogen-bond donors (Lipinski definition) is 0. The molecule has 0 spiro atoms. The van der Waals surface area contributed by atoms with Crippen molar-refractivity contribution in [2.45, 2.75) is 6.92 Å². The van der Waals surface area contributed by atoms with E-state index in [1.54, 1.807) is 0 Å². The molecule has 0 radical (unpaired) electrons. The highest BCUT2D eigenvalue weighted by Gasteiger charge is 2.18. The molecule has 0 aliphatic heterocycles. The van der Waals surface area contributed by atoms with Gasteiger partial charge in [0.05, 0.1) is 0 Å². The van der Waals surface area contributed by atoms with Crippen molar-refractivity contribution >= 4 is 11.4 Å². The zero-order chi connectivity index (χ0) is 9.97. The van der Waals surface area contributed by atoms with Crippen LogP contribution in [0.2, 0.25) is 0 Å². The molecule has 0 amide bonds. The Morgan fingerprint density at radius 1 is 1.14 bits per heavy atom. The zero-order valence-electron chi connectivity index (χ0n) is 8.10. The van der Waals surface area contributed by atoms with Gasteiger partial charge in [0.1, 0.15) is 0 Å². The maximum absolute atomic E-state index is 11.8. The van der Waals surface area contributed by atoms with Crippen LogP contribution in [0.5, 0.6) is 0 Å². The second-order valence-corrected chi connectivity index (χ2v) is 3.48. The molecule has 1 heteroatoms. The van der Waals surface area contributed by atoms with Gasteiger partial charge >= 0.3 is 0 Å². The molecule has 0 saturated carbocycles. The Morgan fingerprint density at radius 3 is 2.57 bits per heavy atom. The lowest BCUT2D eigenvalue weighted by Crippen LogP contribution is -2.12. The summed E-state index contributed by atoms with van der Waals surface area (Å²) in [5, 5.41) is 0. The minimum Gasteiger partial charge on any atom is -0.294 e. The highest BCUT2D eigenvalue weighted by atomic mass is 16.1. The number of benzene rings is 1. The Morgan fingerprint density at radius 2 is 1.86 bits per heavy atom. The van der Waals surface area contributed by atoms with Gasteiger partial charge in [0, 0.05) is 11.5 Å². The summed E-state index contributed by atoms with van der Waals surface area (Å²) in [6.07, 6.45) is 5.76. The quantitative estimate of drug-likeness (QED) is 0.656. The van der Waals surface area contributed by atoms with E-state index in [0.717, 1.165) is 11.1 Å². The zero-order valence-corrected chi connectivity index (χ0v) is 8.10. The Bertz CT molecular complexity index is 399.